The molecule has 0 aromatic carbocycles. The van der Waals surface area contributed by atoms with Gasteiger partial charge in [-0.3, -0.25) is 4.18 Å². The quantitative estimate of drug-likeness (QED) is 0.311. The van der Waals surface area contributed by atoms with E-state index in [1.165, 1.54) is 0 Å². The molecule has 0 saturated heterocycles. The van der Waals surface area contributed by atoms with Gasteiger partial charge in [-0.1, -0.05) is 26.2 Å². The molecule has 0 N–H and O–H groups in total. The maximum Gasteiger partial charge on any atom is 0.217 e. The molecule has 0 amide bonds. The molecule has 0 aromatic rings. The molecule has 0 bridgehead atoms. The second-order valence-electron chi connectivity index (χ2n) is 4.97. The van der Waals surface area contributed by atoms with Crippen molar-refractivity contribution in [1.29, 1.82) is 0 Å². The van der Waals surface area contributed by atoms with Gasteiger partial charge in [0.25, 0.3) is 0 Å². The van der Waals surface area contributed by atoms with Crippen molar-refractivity contribution < 1.29 is 21.6 Å². The first-order valence-corrected chi connectivity index (χ1v) is 6.78. The Morgan fingerprint density at radius 3 is 1.81 bits per heavy atom. The smallest absolute Gasteiger partial charge is 0.217 e. The summed E-state index contributed by atoms with van der Waals surface area (Å²) in [5, 5.41) is 0. The van der Waals surface area contributed by atoms with Crippen molar-refractivity contribution >= 4 is 10.4 Å². The van der Waals surface area contributed by atoms with Crippen molar-refractivity contribution in [2.24, 2.45) is 0 Å². The Balaban J connectivity index is 0. The summed E-state index contributed by atoms with van der Waals surface area (Å²) in [4.78, 5) is 0. The van der Waals surface area contributed by atoms with E-state index in [2.05, 4.69) is 32.4 Å². The molecule has 0 aliphatic heterocycles. The van der Waals surface area contributed by atoms with Crippen LogP contribution in [0.4, 0.5) is 0 Å². The molecule has 0 fully saturated rings. The molecule has 0 aromatic heterocycles. The van der Waals surface area contributed by atoms with Gasteiger partial charge in [0, 0.05) is 0 Å². The normalized spacial score (nSPS) is 11.9. The fourth-order valence-corrected chi connectivity index (χ4v) is 1.01. The standard InChI is InChI=1S/C6H14O4S.C4H12N/c1-2-3-4-5-6-10-11(7,8)9;1-5(2,3)4/h2-6H2,1H3,(H,7,8,9);1-4H3/q;+1/p-1. The van der Waals surface area contributed by atoms with Crippen LogP contribution in [0.3, 0.4) is 0 Å². The van der Waals surface area contributed by atoms with Crippen LogP contribution >= 0.6 is 0 Å². The molecule has 5 nitrogen and oxygen atoms in total. The Kier molecular flexibility index (Phi) is 10.2. The topological polar surface area (TPSA) is 66.4 Å². The number of nitrogens with zero attached hydrogens (tertiary/aromatic N) is 1. The molecule has 0 saturated carbocycles. The first-order valence-electron chi connectivity index (χ1n) is 5.45. The van der Waals surface area contributed by atoms with Crippen LogP contribution in [0.1, 0.15) is 32.6 Å². The summed E-state index contributed by atoms with van der Waals surface area (Å²) < 4.78 is 34.7. The summed E-state index contributed by atoms with van der Waals surface area (Å²) in [6, 6.07) is 0. The third-order valence-electron chi connectivity index (χ3n) is 1.23. The molecule has 0 aliphatic carbocycles. The van der Waals surface area contributed by atoms with Crippen LogP contribution in [-0.4, -0.2) is 52.3 Å². The summed E-state index contributed by atoms with van der Waals surface area (Å²) in [6.45, 7) is 2.07. The van der Waals surface area contributed by atoms with Crippen LogP contribution in [0.15, 0.2) is 0 Å². The van der Waals surface area contributed by atoms with Gasteiger partial charge in [0.05, 0.1) is 34.8 Å². The van der Waals surface area contributed by atoms with E-state index in [0.717, 1.165) is 23.7 Å². The van der Waals surface area contributed by atoms with E-state index < -0.39 is 10.4 Å². The van der Waals surface area contributed by atoms with E-state index in [1.807, 2.05) is 6.92 Å². The highest BCUT2D eigenvalue weighted by Crippen LogP contribution is 1.99. The van der Waals surface area contributed by atoms with Gasteiger partial charge < -0.3 is 9.04 Å². The molecule has 6 heteroatoms. The zero-order chi connectivity index (χ0) is 13.2. The second-order valence-corrected chi connectivity index (χ2v) is 6.03. The molecule has 0 spiro atoms. The van der Waals surface area contributed by atoms with Gasteiger partial charge >= 0.3 is 0 Å². The van der Waals surface area contributed by atoms with E-state index in [0.29, 0.717) is 6.42 Å². The van der Waals surface area contributed by atoms with Crippen molar-refractivity contribution in [3.8, 4) is 0 Å². The largest absolute Gasteiger partial charge is 0.726 e. The number of unbranched alkanes of at least 4 members (excludes halogenated alkanes) is 3. The van der Waals surface area contributed by atoms with E-state index in [9.17, 15) is 13.0 Å². The van der Waals surface area contributed by atoms with Gasteiger partial charge in [-0.15, -0.1) is 0 Å². The van der Waals surface area contributed by atoms with Gasteiger partial charge in [-0.25, -0.2) is 8.42 Å². The predicted octanol–water partition coefficient (Wildman–Crippen LogP) is 1.37. The minimum atomic E-state index is -4.46. The fourth-order valence-electron chi connectivity index (χ4n) is 0.690. The Bertz CT molecular complexity index is 238. The van der Waals surface area contributed by atoms with Crippen LogP contribution < -0.4 is 0 Å². The highest BCUT2D eigenvalue weighted by Gasteiger charge is 1.93. The SMILES string of the molecule is CCCCCCOS(=O)(=O)[O-].C[N+](C)(C)C. The molecular weight excluding hydrogens is 230 g/mol. The van der Waals surface area contributed by atoms with Crippen molar-refractivity contribution in [3.63, 3.8) is 0 Å². The zero-order valence-corrected chi connectivity index (χ0v) is 11.8. The lowest BCUT2D eigenvalue weighted by atomic mass is 10.2. The first-order chi connectivity index (χ1) is 7.06. The molecule has 100 valence electrons. The maximum absolute atomic E-state index is 9.89. The van der Waals surface area contributed by atoms with Crippen LogP contribution in [0, 0.1) is 0 Å². The number of hydrogen-bond acceptors (Lipinski definition) is 4. The highest BCUT2D eigenvalue weighted by atomic mass is 32.3. The number of hydrogen-bond donors (Lipinski definition) is 0. The molecule has 0 atom stereocenters. The van der Waals surface area contributed by atoms with Crippen molar-refractivity contribution in [1.82, 2.24) is 0 Å². The van der Waals surface area contributed by atoms with Gasteiger partial charge in [-0.2, -0.15) is 0 Å². The second kappa shape index (κ2) is 8.92. The van der Waals surface area contributed by atoms with Crippen molar-refractivity contribution in [3.05, 3.63) is 0 Å². The molecule has 0 rings (SSSR count). The lowest BCUT2D eigenvalue weighted by Gasteiger charge is -2.14. The monoisotopic (exact) mass is 255 g/mol. The number of rotatable bonds is 6. The van der Waals surface area contributed by atoms with Gasteiger partial charge in [0.2, 0.25) is 10.4 Å². The van der Waals surface area contributed by atoms with Crippen LogP contribution in [0.5, 0.6) is 0 Å². The van der Waals surface area contributed by atoms with E-state index in [4.69, 9.17) is 0 Å². The Hall–Kier alpha value is -0.170. The van der Waals surface area contributed by atoms with Crippen LogP contribution in [0.25, 0.3) is 0 Å². The average Bonchev–Trinajstić information content (AvgIpc) is 1.98. The van der Waals surface area contributed by atoms with Crippen molar-refractivity contribution in [2.45, 2.75) is 32.6 Å². The Morgan fingerprint density at radius 2 is 1.50 bits per heavy atom. The Morgan fingerprint density at radius 1 is 1.06 bits per heavy atom. The average molecular weight is 255 g/mol. The maximum atomic E-state index is 9.89. The summed E-state index contributed by atoms with van der Waals surface area (Å²) in [6.07, 6.45) is 3.66. The minimum Gasteiger partial charge on any atom is -0.726 e. The minimum absolute atomic E-state index is 0.0197. The van der Waals surface area contributed by atoms with E-state index >= 15 is 0 Å². The third kappa shape index (κ3) is 37.1. The highest BCUT2D eigenvalue weighted by molar-refractivity contribution is 7.80. The lowest BCUT2D eigenvalue weighted by Crippen LogP contribution is -2.27. The summed E-state index contributed by atoms with van der Waals surface area (Å²) in [7, 11) is 4.04. The number of quaternary nitrogens is 1. The lowest BCUT2D eigenvalue weighted by molar-refractivity contribution is -0.849. The van der Waals surface area contributed by atoms with Crippen LogP contribution in [0.2, 0.25) is 0 Å². The summed E-state index contributed by atoms with van der Waals surface area (Å²) in [5.41, 5.74) is 0. The molecular formula is C10H25NO4S. The van der Waals surface area contributed by atoms with Gasteiger partial charge in [0.15, 0.2) is 0 Å². The summed E-state index contributed by atoms with van der Waals surface area (Å²) in [5.74, 6) is 0. The zero-order valence-electron chi connectivity index (χ0n) is 11.0. The summed E-state index contributed by atoms with van der Waals surface area (Å²) >= 11 is 0. The third-order valence-corrected chi connectivity index (χ3v) is 1.68. The molecule has 16 heavy (non-hydrogen) atoms. The molecule has 0 heterocycles. The van der Waals surface area contributed by atoms with E-state index in [1.54, 1.807) is 0 Å². The predicted molar refractivity (Wildman–Crippen MR) is 63.7 cm³/mol. The first kappa shape index (κ1) is 18.2. The molecule has 0 unspecified atom stereocenters. The van der Waals surface area contributed by atoms with Gasteiger partial charge in [0.1, 0.15) is 0 Å². The van der Waals surface area contributed by atoms with E-state index in [-0.39, 0.29) is 6.61 Å². The Labute approximate surface area is 100.0 Å². The molecule has 0 radical (unpaired) electrons. The van der Waals surface area contributed by atoms with Gasteiger partial charge in [-0.05, 0) is 6.42 Å². The van der Waals surface area contributed by atoms with Crippen molar-refractivity contribution in [2.75, 3.05) is 34.8 Å². The fraction of sp³-hybridized carbons (Fsp3) is 1.00. The van der Waals surface area contributed by atoms with Crippen LogP contribution in [-0.2, 0) is 14.6 Å². The molecule has 0 aliphatic rings.